The van der Waals surface area contributed by atoms with Gasteiger partial charge in [0, 0.05) is 37.3 Å². The van der Waals surface area contributed by atoms with Crippen molar-refractivity contribution in [3.8, 4) is 11.3 Å². The standard InChI is InChI=1S/C21H24ClN5O5S/c22-16-5-1-4-14-18-15(12-33(30,31)19(14)16)17(20(28)25-7-9-32-10-8-25)24-27(18)13-3-2-6-26(11-13)21(23)29/h1,4-5,13H,2-3,6-12H2,(H2,23,29). The molecule has 3 aliphatic rings. The normalized spacial score (nSPS) is 21.9. The minimum Gasteiger partial charge on any atom is -0.378 e. The molecule has 1 aromatic heterocycles. The number of likely N-dealkylation sites (tertiary alicyclic amines) is 1. The van der Waals surface area contributed by atoms with Gasteiger partial charge in [-0.2, -0.15) is 5.10 Å². The summed E-state index contributed by atoms with van der Waals surface area (Å²) in [5, 5.41) is 4.81. The van der Waals surface area contributed by atoms with Crippen LogP contribution < -0.4 is 5.73 Å². The van der Waals surface area contributed by atoms with Crippen LogP contribution in [-0.4, -0.2) is 79.3 Å². The van der Waals surface area contributed by atoms with E-state index in [9.17, 15) is 18.0 Å². The van der Waals surface area contributed by atoms with E-state index in [2.05, 4.69) is 5.10 Å². The van der Waals surface area contributed by atoms with Crippen LogP contribution in [0.4, 0.5) is 4.79 Å². The highest BCUT2D eigenvalue weighted by atomic mass is 35.5. The molecular formula is C21H24ClN5O5S. The Kier molecular flexibility index (Phi) is 5.58. The summed E-state index contributed by atoms with van der Waals surface area (Å²) in [4.78, 5) is 28.5. The van der Waals surface area contributed by atoms with Gasteiger partial charge in [-0.25, -0.2) is 13.2 Å². The highest BCUT2D eigenvalue weighted by molar-refractivity contribution is 7.91. The number of primary amides is 1. The van der Waals surface area contributed by atoms with Crippen molar-refractivity contribution in [3.63, 3.8) is 0 Å². The van der Waals surface area contributed by atoms with Crippen molar-refractivity contribution >= 4 is 33.4 Å². The molecule has 2 fully saturated rings. The molecule has 4 heterocycles. The molecule has 1 atom stereocenters. The predicted octanol–water partition coefficient (Wildman–Crippen LogP) is 1.68. The summed E-state index contributed by atoms with van der Waals surface area (Å²) in [7, 11) is -3.78. The lowest BCUT2D eigenvalue weighted by Gasteiger charge is -2.33. The topological polar surface area (TPSA) is 128 Å². The van der Waals surface area contributed by atoms with Crippen LogP contribution in [0.15, 0.2) is 23.1 Å². The predicted molar refractivity (Wildman–Crippen MR) is 120 cm³/mol. The molecule has 0 saturated carbocycles. The summed E-state index contributed by atoms with van der Waals surface area (Å²) in [6.45, 7) is 2.54. The van der Waals surface area contributed by atoms with Crippen molar-refractivity contribution in [1.29, 1.82) is 0 Å². The van der Waals surface area contributed by atoms with Crippen LogP contribution in [-0.2, 0) is 20.3 Å². The van der Waals surface area contributed by atoms with Gasteiger partial charge in [0.1, 0.15) is 0 Å². The average Bonchev–Trinajstić information content (AvgIpc) is 3.17. The van der Waals surface area contributed by atoms with Gasteiger partial charge in [0.05, 0.1) is 40.6 Å². The third-order valence-electron chi connectivity index (χ3n) is 6.43. The molecule has 0 bridgehead atoms. The first kappa shape index (κ1) is 22.2. The maximum absolute atomic E-state index is 13.4. The number of hydrogen-bond donors (Lipinski definition) is 1. The molecule has 33 heavy (non-hydrogen) atoms. The minimum atomic E-state index is -3.78. The van der Waals surface area contributed by atoms with Crippen molar-refractivity contribution in [2.24, 2.45) is 5.73 Å². The number of halogens is 1. The zero-order chi connectivity index (χ0) is 23.3. The largest absolute Gasteiger partial charge is 0.378 e. The average molecular weight is 494 g/mol. The number of ether oxygens (including phenoxy) is 1. The fourth-order valence-corrected chi connectivity index (χ4v) is 7.06. The van der Waals surface area contributed by atoms with E-state index in [0.717, 1.165) is 6.42 Å². The Balaban J connectivity index is 1.69. The number of morpholine rings is 1. The third-order valence-corrected chi connectivity index (χ3v) is 8.59. The van der Waals surface area contributed by atoms with E-state index < -0.39 is 15.9 Å². The number of aromatic nitrogens is 2. The van der Waals surface area contributed by atoms with E-state index in [-0.39, 0.29) is 33.3 Å². The zero-order valence-electron chi connectivity index (χ0n) is 17.9. The van der Waals surface area contributed by atoms with Crippen LogP contribution in [0.25, 0.3) is 11.3 Å². The van der Waals surface area contributed by atoms with Gasteiger partial charge in [-0.15, -0.1) is 0 Å². The van der Waals surface area contributed by atoms with Crippen LogP contribution >= 0.6 is 11.6 Å². The smallest absolute Gasteiger partial charge is 0.314 e. The highest BCUT2D eigenvalue weighted by Gasteiger charge is 2.40. The number of piperidine rings is 1. The summed E-state index contributed by atoms with van der Waals surface area (Å²) >= 11 is 6.32. The van der Waals surface area contributed by atoms with Crippen LogP contribution in [0.1, 0.15) is 34.9 Å². The van der Waals surface area contributed by atoms with Crippen LogP contribution in [0.5, 0.6) is 0 Å². The second-order valence-corrected chi connectivity index (χ2v) is 10.8. The van der Waals surface area contributed by atoms with Gasteiger partial charge in [-0.3, -0.25) is 9.48 Å². The molecule has 2 aromatic rings. The van der Waals surface area contributed by atoms with Crippen molar-refractivity contribution in [1.82, 2.24) is 19.6 Å². The maximum Gasteiger partial charge on any atom is 0.314 e. The number of amides is 3. The SMILES string of the molecule is NC(=O)N1CCCC(n2nc(C(=O)N3CCOCC3)c3c2-c2cccc(Cl)c2S(=O)(=O)C3)C1. The van der Waals surface area contributed by atoms with Gasteiger partial charge in [-0.1, -0.05) is 23.7 Å². The number of rotatable bonds is 2. The Hall–Kier alpha value is -2.63. The molecular weight excluding hydrogens is 470 g/mol. The Morgan fingerprint density at radius 2 is 1.91 bits per heavy atom. The Morgan fingerprint density at radius 3 is 2.64 bits per heavy atom. The van der Waals surface area contributed by atoms with Crippen LogP contribution in [0, 0.1) is 0 Å². The van der Waals surface area contributed by atoms with E-state index >= 15 is 0 Å². The monoisotopic (exact) mass is 493 g/mol. The van der Waals surface area contributed by atoms with Gasteiger partial charge >= 0.3 is 6.03 Å². The van der Waals surface area contributed by atoms with E-state index in [0.29, 0.717) is 62.6 Å². The number of benzene rings is 1. The molecule has 12 heteroatoms. The summed E-state index contributed by atoms with van der Waals surface area (Å²) in [5.41, 5.74) is 7.00. The molecule has 5 rings (SSSR count). The van der Waals surface area contributed by atoms with Gasteiger partial charge in [-0.05, 0) is 18.9 Å². The lowest BCUT2D eigenvalue weighted by atomic mass is 10.0. The van der Waals surface area contributed by atoms with Gasteiger partial charge in [0.15, 0.2) is 15.5 Å². The van der Waals surface area contributed by atoms with Crippen molar-refractivity contribution in [2.75, 3.05) is 39.4 Å². The molecule has 0 radical (unpaired) electrons. The van der Waals surface area contributed by atoms with Crippen molar-refractivity contribution in [3.05, 3.63) is 34.5 Å². The van der Waals surface area contributed by atoms with E-state index in [1.165, 1.54) is 0 Å². The number of fused-ring (bicyclic) bond motifs is 3. The molecule has 3 aliphatic heterocycles. The summed E-state index contributed by atoms with van der Waals surface area (Å²) < 4.78 is 33.5. The van der Waals surface area contributed by atoms with E-state index in [4.69, 9.17) is 22.1 Å². The molecule has 1 aromatic carbocycles. The van der Waals surface area contributed by atoms with Crippen molar-refractivity contribution < 1.29 is 22.7 Å². The number of urea groups is 1. The lowest BCUT2D eigenvalue weighted by molar-refractivity contribution is 0.0297. The Labute approximate surface area is 196 Å². The van der Waals surface area contributed by atoms with Gasteiger partial charge in [0.2, 0.25) is 0 Å². The second kappa shape index (κ2) is 8.30. The van der Waals surface area contributed by atoms with Gasteiger partial charge < -0.3 is 20.3 Å². The van der Waals surface area contributed by atoms with E-state index in [1.54, 1.807) is 32.7 Å². The molecule has 0 spiro atoms. The quantitative estimate of drug-likeness (QED) is 0.677. The second-order valence-electron chi connectivity index (χ2n) is 8.48. The Bertz CT molecular complexity index is 1240. The zero-order valence-corrected chi connectivity index (χ0v) is 19.4. The minimum absolute atomic E-state index is 0.0493. The molecule has 2 saturated heterocycles. The number of sulfone groups is 1. The first-order valence-electron chi connectivity index (χ1n) is 10.8. The van der Waals surface area contributed by atoms with Crippen LogP contribution in [0.2, 0.25) is 5.02 Å². The maximum atomic E-state index is 13.4. The number of carbonyl (C=O) groups is 2. The summed E-state index contributed by atoms with van der Waals surface area (Å²) in [6, 6.07) is 4.14. The fraction of sp³-hybridized carbons (Fsp3) is 0.476. The number of carbonyl (C=O) groups excluding carboxylic acids is 2. The summed E-state index contributed by atoms with van der Waals surface area (Å²) in [6.07, 6.45) is 1.43. The fourth-order valence-electron chi connectivity index (χ4n) is 4.87. The molecule has 2 N–H and O–H groups in total. The lowest BCUT2D eigenvalue weighted by Crippen LogP contribution is -2.44. The number of nitrogens with two attached hydrogens (primary N) is 1. The highest BCUT2D eigenvalue weighted by Crippen LogP contribution is 2.44. The number of hydrogen-bond acceptors (Lipinski definition) is 6. The molecule has 1 unspecified atom stereocenters. The number of nitrogens with zero attached hydrogens (tertiary/aromatic N) is 4. The molecule has 3 amide bonds. The molecule has 10 nitrogen and oxygen atoms in total. The van der Waals surface area contributed by atoms with Gasteiger partial charge in [0.25, 0.3) is 5.91 Å². The van der Waals surface area contributed by atoms with E-state index in [1.807, 2.05) is 0 Å². The van der Waals surface area contributed by atoms with Crippen molar-refractivity contribution in [2.45, 2.75) is 29.5 Å². The first-order chi connectivity index (χ1) is 15.8. The van der Waals surface area contributed by atoms with Crippen LogP contribution in [0.3, 0.4) is 0 Å². The summed E-state index contributed by atoms with van der Waals surface area (Å²) in [5.74, 6) is -0.687. The molecule has 0 aliphatic carbocycles. The Morgan fingerprint density at radius 1 is 1.15 bits per heavy atom. The third kappa shape index (κ3) is 3.77. The molecule has 176 valence electrons. The first-order valence-corrected chi connectivity index (χ1v) is 12.9.